The molecule has 1 aromatic rings. The average Bonchev–Trinajstić information content (AvgIpc) is 2.42. The number of hydrogen-bond acceptors (Lipinski definition) is 4. The van der Waals surface area contributed by atoms with Crippen molar-refractivity contribution in [3.05, 3.63) is 24.3 Å². The summed E-state index contributed by atoms with van der Waals surface area (Å²) in [6, 6.07) is 4.71. The van der Waals surface area contributed by atoms with Crippen LogP contribution in [0.3, 0.4) is 0 Å². The van der Waals surface area contributed by atoms with Crippen LogP contribution in [0.5, 0.6) is 0 Å². The van der Waals surface area contributed by atoms with Crippen molar-refractivity contribution in [3.8, 4) is 0 Å². The Hall–Kier alpha value is -1.28. The van der Waals surface area contributed by atoms with Crippen LogP contribution in [0, 0.1) is 0 Å². The number of anilines is 1. The second-order valence-corrected chi connectivity index (χ2v) is 6.66. The van der Waals surface area contributed by atoms with E-state index in [1.807, 2.05) is 4.90 Å². The first-order valence-electron chi connectivity index (χ1n) is 6.53. The zero-order valence-corrected chi connectivity index (χ0v) is 12.5. The number of unbranched alkanes of at least 4 members (excludes halogenated alkanes) is 2. The van der Waals surface area contributed by atoms with Crippen LogP contribution in [0.2, 0.25) is 0 Å². The number of alkyl halides is 3. The summed E-state index contributed by atoms with van der Waals surface area (Å²) in [5.74, 6) is 0. The molecule has 4 nitrogen and oxygen atoms in total. The van der Waals surface area contributed by atoms with Crippen molar-refractivity contribution in [1.82, 2.24) is 0 Å². The van der Waals surface area contributed by atoms with Gasteiger partial charge in [-0.2, -0.15) is 13.2 Å². The van der Waals surface area contributed by atoms with E-state index in [4.69, 9.17) is 5.73 Å². The van der Waals surface area contributed by atoms with E-state index >= 15 is 0 Å². The van der Waals surface area contributed by atoms with Gasteiger partial charge in [0.1, 0.15) is 0 Å². The first-order valence-corrected chi connectivity index (χ1v) is 8.01. The Kier molecular flexibility index (Phi) is 6.03. The van der Waals surface area contributed by atoms with E-state index in [-0.39, 0.29) is 0 Å². The fraction of sp³-hybridized carbons (Fsp3) is 0.538. The van der Waals surface area contributed by atoms with E-state index in [1.54, 1.807) is 7.05 Å². The fourth-order valence-corrected chi connectivity index (χ4v) is 2.57. The molecule has 0 fully saturated rings. The minimum absolute atomic E-state index is 0.633. The maximum absolute atomic E-state index is 12.4. The predicted molar refractivity (Wildman–Crippen MR) is 75.9 cm³/mol. The second-order valence-electron chi connectivity index (χ2n) is 4.71. The summed E-state index contributed by atoms with van der Waals surface area (Å²) in [6.45, 7) is 1.36. The van der Waals surface area contributed by atoms with Crippen LogP contribution in [-0.2, 0) is 9.84 Å². The van der Waals surface area contributed by atoms with Gasteiger partial charge in [0.15, 0.2) is 0 Å². The number of nitrogens with zero attached hydrogens (tertiary/aromatic N) is 1. The molecule has 0 unspecified atom stereocenters. The van der Waals surface area contributed by atoms with Gasteiger partial charge in [0.2, 0.25) is 0 Å². The quantitative estimate of drug-likeness (QED) is 0.783. The third kappa shape index (κ3) is 4.60. The molecule has 0 bridgehead atoms. The van der Waals surface area contributed by atoms with E-state index in [1.165, 1.54) is 12.1 Å². The molecule has 2 N–H and O–H groups in total. The Labute approximate surface area is 122 Å². The lowest BCUT2D eigenvalue weighted by Crippen LogP contribution is -2.23. The first-order chi connectivity index (χ1) is 9.70. The van der Waals surface area contributed by atoms with E-state index in [2.05, 4.69) is 0 Å². The zero-order valence-electron chi connectivity index (χ0n) is 11.7. The molecule has 0 spiro atoms. The topological polar surface area (TPSA) is 63.4 Å². The van der Waals surface area contributed by atoms with Crippen LogP contribution in [-0.4, -0.2) is 34.1 Å². The fourth-order valence-electron chi connectivity index (χ4n) is 1.81. The van der Waals surface area contributed by atoms with Crippen molar-refractivity contribution in [2.45, 2.75) is 29.7 Å². The van der Waals surface area contributed by atoms with Crippen LogP contribution in [0.1, 0.15) is 19.3 Å². The number of nitrogens with two attached hydrogens (primary N) is 1. The van der Waals surface area contributed by atoms with E-state index in [0.29, 0.717) is 12.2 Å². The maximum Gasteiger partial charge on any atom is 0.501 e. The number of hydrogen-bond donors (Lipinski definition) is 1. The van der Waals surface area contributed by atoms with E-state index in [9.17, 15) is 21.6 Å². The molecule has 0 amide bonds. The molecule has 0 saturated heterocycles. The average molecular weight is 324 g/mol. The molecule has 1 aromatic carbocycles. The lowest BCUT2D eigenvalue weighted by molar-refractivity contribution is -0.0436. The highest BCUT2D eigenvalue weighted by Gasteiger charge is 2.46. The lowest BCUT2D eigenvalue weighted by Gasteiger charge is -2.19. The van der Waals surface area contributed by atoms with Gasteiger partial charge in [-0.05, 0) is 43.7 Å². The molecule has 0 saturated carbocycles. The summed E-state index contributed by atoms with van der Waals surface area (Å²) in [7, 11) is -3.47. The number of rotatable bonds is 7. The van der Waals surface area contributed by atoms with Crippen molar-refractivity contribution in [2.75, 3.05) is 25.0 Å². The van der Waals surface area contributed by atoms with Crippen LogP contribution in [0.25, 0.3) is 0 Å². The molecule has 0 aliphatic rings. The molecule has 21 heavy (non-hydrogen) atoms. The molecule has 0 heterocycles. The molecule has 0 aliphatic heterocycles. The molecule has 0 atom stereocenters. The van der Waals surface area contributed by atoms with Gasteiger partial charge in [0.25, 0.3) is 9.84 Å². The highest BCUT2D eigenvalue weighted by Crippen LogP contribution is 2.31. The lowest BCUT2D eigenvalue weighted by atomic mass is 10.2. The molecule has 0 radical (unpaired) electrons. The number of benzene rings is 1. The van der Waals surface area contributed by atoms with Crippen molar-refractivity contribution < 1.29 is 21.6 Å². The van der Waals surface area contributed by atoms with Crippen LogP contribution in [0.15, 0.2) is 29.2 Å². The third-order valence-electron chi connectivity index (χ3n) is 3.09. The van der Waals surface area contributed by atoms with Crippen LogP contribution in [0.4, 0.5) is 18.9 Å². The van der Waals surface area contributed by atoms with Gasteiger partial charge in [-0.25, -0.2) is 8.42 Å². The Morgan fingerprint density at radius 3 is 2.14 bits per heavy atom. The maximum atomic E-state index is 12.4. The van der Waals surface area contributed by atoms with E-state index < -0.39 is 20.2 Å². The predicted octanol–water partition coefficient (Wildman–Crippen LogP) is 2.55. The van der Waals surface area contributed by atoms with Crippen molar-refractivity contribution in [3.63, 3.8) is 0 Å². The minimum atomic E-state index is -5.28. The molecule has 0 aliphatic carbocycles. The van der Waals surface area contributed by atoms with Gasteiger partial charge < -0.3 is 10.6 Å². The van der Waals surface area contributed by atoms with Gasteiger partial charge in [0.05, 0.1) is 4.90 Å². The van der Waals surface area contributed by atoms with Crippen molar-refractivity contribution >= 4 is 15.5 Å². The smallest absolute Gasteiger partial charge is 0.375 e. The summed E-state index contributed by atoms with van der Waals surface area (Å²) in [4.78, 5) is 1.12. The summed E-state index contributed by atoms with van der Waals surface area (Å²) >= 11 is 0. The van der Waals surface area contributed by atoms with Crippen molar-refractivity contribution in [2.24, 2.45) is 5.73 Å². The normalized spacial score (nSPS) is 12.4. The Morgan fingerprint density at radius 1 is 1.10 bits per heavy atom. The van der Waals surface area contributed by atoms with Gasteiger partial charge >= 0.3 is 5.51 Å². The van der Waals surface area contributed by atoms with Gasteiger partial charge in [-0.1, -0.05) is 6.42 Å². The summed E-state index contributed by atoms with van der Waals surface area (Å²) in [6.07, 6.45) is 2.81. The van der Waals surface area contributed by atoms with Crippen LogP contribution >= 0.6 is 0 Å². The summed E-state index contributed by atoms with van der Waals surface area (Å²) < 4.78 is 59.7. The number of sulfone groups is 1. The molecule has 0 aromatic heterocycles. The van der Waals surface area contributed by atoms with Gasteiger partial charge in [0, 0.05) is 19.3 Å². The second kappa shape index (κ2) is 7.13. The molecular formula is C13H19F3N2O2S. The zero-order chi connectivity index (χ0) is 16.1. The van der Waals surface area contributed by atoms with Crippen LogP contribution < -0.4 is 10.6 Å². The van der Waals surface area contributed by atoms with Crippen molar-refractivity contribution in [1.29, 1.82) is 0 Å². The van der Waals surface area contributed by atoms with Gasteiger partial charge in [-0.3, -0.25) is 0 Å². The Morgan fingerprint density at radius 2 is 1.67 bits per heavy atom. The van der Waals surface area contributed by atoms with E-state index in [0.717, 1.165) is 37.9 Å². The highest BCUT2D eigenvalue weighted by molar-refractivity contribution is 7.92. The summed E-state index contributed by atoms with van der Waals surface area (Å²) in [5, 5.41) is 0. The molecule has 120 valence electrons. The first kappa shape index (κ1) is 17.8. The standard InChI is InChI=1S/C13H19F3N2O2S/c1-18(10-4-2-3-9-17)11-5-7-12(8-6-11)21(19,20)13(14,15)16/h5-8H,2-4,9-10,17H2,1H3. The number of halogens is 3. The molecular weight excluding hydrogens is 305 g/mol. The molecule has 1 rings (SSSR count). The largest absolute Gasteiger partial charge is 0.501 e. The van der Waals surface area contributed by atoms with Gasteiger partial charge in [-0.15, -0.1) is 0 Å². The Balaban J connectivity index is 2.74. The summed E-state index contributed by atoms with van der Waals surface area (Å²) in [5.41, 5.74) is 0.782. The highest BCUT2D eigenvalue weighted by atomic mass is 32.2. The SMILES string of the molecule is CN(CCCCCN)c1ccc(S(=O)(=O)C(F)(F)F)cc1. The minimum Gasteiger partial charge on any atom is -0.375 e. The molecule has 8 heteroatoms. The monoisotopic (exact) mass is 324 g/mol. The Bertz CT molecular complexity index is 542. The third-order valence-corrected chi connectivity index (χ3v) is 4.59.